The topological polar surface area (TPSA) is 84.2 Å². The molecule has 0 N–H and O–H groups in total. The molecule has 0 saturated heterocycles. The van der Waals surface area contributed by atoms with Crippen molar-refractivity contribution in [2.75, 3.05) is 13.9 Å². The predicted molar refractivity (Wildman–Crippen MR) is 93.3 cm³/mol. The Kier molecular flexibility index (Phi) is 3.36. The van der Waals surface area contributed by atoms with E-state index in [9.17, 15) is 9.59 Å². The van der Waals surface area contributed by atoms with Crippen LogP contribution in [0.1, 0.15) is 17.0 Å². The minimum Gasteiger partial charge on any atom is -0.476 e. The van der Waals surface area contributed by atoms with Gasteiger partial charge in [0.05, 0.1) is 24.0 Å². The number of rotatable bonds is 2. The van der Waals surface area contributed by atoms with Crippen LogP contribution in [0.5, 0.6) is 17.2 Å². The molecular weight excluding hydrogens is 352 g/mol. The first kappa shape index (κ1) is 15.7. The lowest BCUT2D eigenvalue weighted by Crippen LogP contribution is -2.31. The Hall–Kier alpha value is -3.48. The Bertz CT molecular complexity index is 1130. The van der Waals surface area contributed by atoms with E-state index in [1.165, 1.54) is 7.11 Å². The van der Waals surface area contributed by atoms with Crippen molar-refractivity contribution in [3.63, 3.8) is 0 Å². The molecule has 2 aliphatic heterocycles. The zero-order valence-corrected chi connectivity index (χ0v) is 14.3. The lowest BCUT2D eigenvalue weighted by Gasteiger charge is -2.17. The van der Waals surface area contributed by atoms with E-state index in [-0.39, 0.29) is 6.79 Å². The largest absolute Gasteiger partial charge is 0.476 e. The van der Waals surface area contributed by atoms with Crippen molar-refractivity contribution >= 4 is 16.9 Å². The molecule has 0 saturated carbocycles. The second-order valence-electron chi connectivity index (χ2n) is 6.28. The van der Waals surface area contributed by atoms with Crippen LogP contribution in [0.2, 0.25) is 0 Å². The summed E-state index contributed by atoms with van der Waals surface area (Å²) < 4.78 is 27.1. The third-order valence-corrected chi connectivity index (χ3v) is 4.85. The van der Waals surface area contributed by atoms with E-state index in [1.54, 1.807) is 36.4 Å². The maximum atomic E-state index is 12.7. The highest BCUT2D eigenvalue weighted by Gasteiger charge is 2.45. The molecule has 27 heavy (non-hydrogen) atoms. The van der Waals surface area contributed by atoms with Crippen molar-refractivity contribution in [2.24, 2.45) is 0 Å². The van der Waals surface area contributed by atoms with E-state index in [2.05, 4.69) is 0 Å². The van der Waals surface area contributed by atoms with Crippen LogP contribution in [0.25, 0.3) is 11.0 Å². The standard InChI is InChI=1S/C20H14O7/c1-23-20(22)18-15(10-6-7-13-14(8-10)25-9-24-13)16-17(27-18)11-4-2-3-5-12(11)26-19(16)21/h2-8,15,18H,9H2,1H3/t15-,18+/m1/s1. The van der Waals surface area contributed by atoms with Crippen molar-refractivity contribution in [1.82, 2.24) is 0 Å². The summed E-state index contributed by atoms with van der Waals surface area (Å²) in [7, 11) is 1.28. The summed E-state index contributed by atoms with van der Waals surface area (Å²) in [5.41, 5.74) is 0.827. The molecule has 0 aliphatic carbocycles. The van der Waals surface area contributed by atoms with Crippen molar-refractivity contribution < 1.29 is 28.2 Å². The molecule has 0 spiro atoms. The number of carbonyl (C=O) groups is 1. The fourth-order valence-corrected chi connectivity index (χ4v) is 3.63. The van der Waals surface area contributed by atoms with Crippen LogP contribution < -0.4 is 19.8 Å². The minimum atomic E-state index is -1.00. The van der Waals surface area contributed by atoms with Gasteiger partial charge in [0.25, 0.3) is 0 Å². The van der Waals surface area contributed by atoms with Gasteiger partial charge in [0.15, 0.2) is 11.5 Å². The zero-order valence-electron chi connectivity index (χ0n) is 14.3. The van der Waals surface area contributed by atoms with Gasteiger partial charge in [0.1, 0.15) is 11.3 Å². The van der Waals surface area contributed by atoms with Crippen LogP contribution in [-0.2, 0) is 9.53 Å². The fourth-order valence-electron chi connectivity index (χ4n) is 3.63. The second-order valence-corrected chi connectivity index (χ2v) is 6.28. The van der Waals surface area contributed by atoms with Crippen molar-refractivity contribution in [3.8, 4) is 17.2 Å². The SMILES string of the molecule is COC(=O)[C@H]1Oc2c(c(=O)oc3ccccc23)[C@H]1c1ccc2c(c1)OCO2. The van der Waals surface area contributed by atoms with Crippen molar-refractivity contribution in [1.29, 1.82) is 0 Å². The Morgan fingerprint density at radius 3 is 2.78 bits per heavy atom. The summed E-state index contributed by atoms with van der Waals surface area (Å²) in [5, 5.41) is 0.629. The van der Waals surface area contributed by atoms with Crippen molar-refractivity contribution in [3.05, 3.63) is 64.0 Å². The maximum Gasteiger partial charge on any atom is 0.348 e. The molecule has 136 valence electrons. The normalized spacial score (nSPS) is 19.6. The highest BCUT2D eigenvalue weighted by molar-refractivity contribution is 5.88. The average Bonchev–Trinajstić information content (AvgIpc) is 3.32. The third kappa shape index (κ3) is 2.28. The summed E-state index contributed by atoms with van der Waals surface area (Å²) in [6, 6.07) is 12.3. The Morgan fingerprint density at radius 1 is 1.11 bits per heavy atom. The lowest BCUT2D eigenvalue weighted by molar-refractivity contribution is -0.148. The molecule has 7 heteroatoms. The van der Waals surface area contributed by atoms with Gasteiger partial charge in [-0.3, -0.25) is 0 Å². The summed E-state index contributed by atoms with van der Waals surface area (Å²) in [6.45, 7) is 0.129. The van der Waals surface area contributed by atoms with E-state index >= 15 is 0 Å². The number of carbonyl (C=O) groups excluding carboxylic acids is 1. The van der Waals surface area contributed by atoms with Gasteiger partial charge < -0.3 is 23.4 Å². The van der Waals surface area contributed by atoms with Crippen LogP contribution in [0, 0.1) is 0 Å². The van der Waals surface area contributed by atoms with Crippen molar-refractivity contribution in [2.45, 2.75) is 12.0 Å². The predicted octanol–water partition coefficient (Wildman–Crippen LogP) is 2.59. The van der Waals surface area contributed by atoms with Crippen LogP contribution in [-0.4, -0.2) is 26.0 Å². The number of para-hydroxylation sites is 1. The molecule has 0 amide bonds. The molecule has 0 fully saturated rings. The zero-order chi connectivity index (χ0) is 18.5. The second kappa shape index (κ2) is 5.77. The summed E-state index contributed by atoms with van der Waals surface area (Å²) in [6.07, 6.45) is -1.00. The van der Waals surface area contributed by atoms with Gasteiger partial charge in [-0.1, -0.05) is 18.2 Å². The molecule has 0 unspecified atom stereocenters. The van der Waals surface area contributed by atoms with Gasteiger partial charge in [-0.2, -0.15) is 0 Å². The van der Waals surface area contributed by atoms with Gasteiger partial charge in [-0.05, 0) is 29.8 Å². The van der Waals surface area contributed by atoms with Crippen LogP contribution in [0.15, 0.2) is 51.7 Å². The summed E-state index contributed by atoms with van der Waals surface area (Å²) >= 11 is 0. The smallest absolute Gasteiger partial charge is 0.348 e. The highest BCUT2D eigenvalue weighted by Crippen LogP contribution is 2.46. The number of benzene rings is 2. The molecule has 2 aromatic carbocycles. The molecule has 2 atom stereocenters. The number of ether oxygens (including phenoxy) is 4. The van der Waals surface area contributed by atoms with Gasteiger partial charge in [0.2, 0.25) is 12.9 Å². The molecule has 0 radical (unpaired) electrons. The monoisotopic (exact) mass is 366 g/mol. The summed E-state index contributed by atoms with van der Waals surface area (Å²) in [5.74, 6) is 0.257. The lowest BCUT2D eigenvalue weighted by atomic mass is 9.88. The maximum absolute atomic E-state index is 12.7. The molecule has 7 nitrogen and oxygen atoms in total. The Morgan fingerprint density at radius 2 is 1.93 bits per heavy atom. The van der Waals surface area contributed by atoms with E-state index in [0.29, 0.717) is 39.3 Å². The number of hydrogen-bond acceptors (Lipinski definition) is 7. The first-order valence-corrected chi connectivity index (χ1v) is 8.37. The minimum absolute atomic E-state index is 0.129. The van der Waals surface area contributed by atoms with Crippen LogP contribution in [0.3, 0.4) is 0 Å². The summed E-state index contributed by atoms with van der Waals surface area (Å²) in [4.78, 5) is 25.2. The molecule has 1 aromatic heterocycles. The van der Waals surface area contributed by atoms with Gasteiger partial charge >= 0.3 is 11.6 Å². The van der Waals surface area contributed by atoms with Gasteiger partial charge in [-0.25, -0.2) is 9.59 Å². The first-order chi connectivity index (χ1) is 13.2. The Balaban J connectivity index is 1.75. The van der Waals surface area contributed by atoms with E-state index in [0.717, 1.165) is 0 Å². The van der Waals surface area contributed by atoms with E-state index < -0.39 is 23.6 Å². The number of fused-ring (bicyclic) bond motifs is 4. The Labute approximate surface area is 153 Å². The number of hydrogen-bond donors (Lipinski definition) is 0. The average molecular weight is 366 g/mol. The first-order valence-electron chi connectivity index (χ1n) is 8.37. The van der Waals surface area contributed by atoms with E-state index in [4.69, 9.17) is 23.4 Å². The number of methoxy groups -OCH3 is 1. The molecule has 2 aliphatic rings. The number of esters is 1. The van der Waals surface area contributed by atoms with Gasteiger partial charge in [-0.15, -0.1) is 0 Å². The highest BCUT2D eigenvalue weighted by atomic mass is 16.7. The quantitative estimate of drug-likeness (QED) is 0.509. The molecule has 0 bridgehead atoms. The molecule has 3 heterocycles. The molecular formula is C20H14O7. The third-order valence-electron chi connectivity index (χ3n) is 4.85. The molecule has 3 aromatic rings. The molecule has 5 rings (SSSR count). The fraction of sp³-hybridized carbons (Fsp3) is 0.200. The van der Waals surface area contributed by atoms with Crippen LogP contribution in [0.4, 0.5) is 0 Å². The van der Waals surface area contributed by atoms with Gasteiger partial charge in [0, 0.05) is 0 Å². The van der Waals surface area contributed by atoms with Crippen LogP contribution >= 0.6 is 0 Å². The van der Waals surface area contributed by atoms with E-state index in [1.807, 2.05) is 6.07 Å².